The second kappa shape index (κ2) is 6.76. The van der Waals surface area contributed by atoms with E-state index >= 15 is 0 Å². The van der Waals surface area contributed by atoms with Gasteiger partial charge < -0.3 is 5.73 Å². The molecule has 0 aromatic carbocycles. The summed E-state index contributed by atoms with van der Waals surface area (Å²) in [4.78, 5) is 5.36. The topological polar surface area (TPSA) is 32.5 Å². The average Bonchev–Trinajstić information content (AvgIpc) is 2.70. The first kappa shape index (κ1) is 16.3. The molecule has 0 aliphatic carbocycles. The zero-order valence-corrected chi connectivity index (χ0v) is 14.1. The minimum absolute atomic E-state index is 0.260. The summed E-state index contributed by atoms with van der Waals surface area (Å²) in [6.45, 7) is 15.1. The Morgan fingerprint density at radius 2 is 1.85 bits per heavy atom. The number of nitrogens with zero attached hydrogens (tertiary/aromatic N) is 2. The fourth-order valence-electron chi connectivity index (χ4n) is 4.15. The molecule has 2 aliphatic rings. The summed E-state index contributed by atoms with van der Waals surface area (Å²) >= 11 is 0. The van der Waals surface area contributed by atoms with Gasteiger partial charge in [-0.25, -0.2) is 0 Å². The van der Waals surface area contributed by atoms with Crippen molar-refractivity contribution in [2.24, 2.45) is 17.6 Å². The normalized spacial score (nSPS) is 34.0. The fraction of sp³-hybridized carbons (Fsp3) is 1.00. The summed E-state index contributed by atoms with van der Waals surface area (Å²) in [5.41, 5.74) is 6.50. The van der Waals surface area contributed by atoms with E-state index in [2.05, 4.69) is 37.5 Å². The lowest BCUT2D eigenvalue weighted by molar-refractivity contribution is 0.0957. The van der Waals surface area contributed by atoms with Gasteiger partial charge in [-0.1, -0.05) is 13.8 Å². The molecule has 2 rings (SSSR count). The van der Waals surface area contributed by atoms with Gasteiger partial charge in [0.2, 0.25) is 0 Å². The summed E-state index contributed by atoms with van der Waals surface area (Å²) < 4.78 is 0. The SMILES string of the molecule is CC(C)C1CCCN(C2(CN)CCN(C(C)C)C2)CC1. The highest BCUT2D eigenvalue weighted by atomic mass is 15.3. The van der Waals surface area contributed by atoms with Gasteiger partial charge in [-0.05, 0) is 64.5 Å². The van der Waals surface area contributed by atoms with Crippen molar-refractivity contribution in [3.8, 4) is 0 Å². The lowest BCUT2D eigenvalue weighted by Crippen LogP contribution is -2.56. The highest BCUT2D eigenvalue weighted by Crippen LogP contribution is 2.33. The van der Waals surface area contributed by atoms with Crippen LogP contribution in [0.15, 0.2) is 0 Å². The number of hydrogen-bond acceptors (Lipinski definition) is 3. The second-order valence-corrected chi connectivity index (χ2v) is 7.66. The molecule has 0 amide bonds. The Hall–Kier alpha value is -0.120. The summed E-state index contributed by atoms with van der Waals surface area (Å²) in [5.74, 6) is 1.75. The van der Waals surface area contributed by atoms with Crippen LogP contribution in [0, 0.1) is 11.8 Å². The van der Waals surface area contributed by atoms with Crippen LogP contribution >= 0.6 is 0 Å². The largest absolute Gasteiger partial charge is 0.329 e. The molecule has 2 saturated heterocycles. The standard InChI is InChI=1S/C17H35N3/c1-14(2)16-6-5-9-20(10-7-16)17(12-18)8-11-19(13-17)15(3)4/h14-16H,5-13,18H2,1-4H3. The number of hydrogen-bond donors (Lipinski definition) is 1. The van der Waals surface area contributed by atoms with E-state index in [1.54, 1.807) is 0 Å². The molecule has 0 saturated carbocycles. The van der Waals surface area contributed by atoms with Gasteiger partial charge in [-0.2, -0.15) is 0 Å². The maximum atomic E-state index is 6.24. The van der Waals surface area contributed by atoms with Crippen molar-refractivity contribution in [2.45, 2.75) is 65.0 Å². The smallest absolute Gasteiger partial charge is 0.0470 e. The number of likely N-dealkylation sites (tertiary alicyclic amines) is 2. The summed E-state index contributed by atoms with van der Waals surface area (Å²) in [5, 5.41) is 0. The van der Waals surface area contributed by atoms with Crippen LogP contribution in [0.3, 0.4) is 0 Å². The molecule has 3 nitrogen and oxygen atoms in total. The van der Waals surface area contributed by atoms with Crippen LogP contribution < -0.4 is 5.73 Å². The van der Waals surface area contributed by atoms with Gasteiger partial charge in [-0.3, -0.25) is 9.80 Å². The van der Waals surface area contributed by atoms with Gasteiger partial charge in [-0.15, -0.1) is 0 Å². The Morgan fingerprint density at radius 1 is 1.10 bits per heavy atom. The maximum absolute atomic E-state index is 6.24. The van der Waals surface area contributed by atoms with Gasteiger partial charge >= 0.3 is 0 Å². The van der Waals surface area contributed by atoms with E-state index < -0.39 is 0 Å². The molecule has 2 N–H and O–H groups in total. The third kappa shape index (κ3) is 3.37. The van der Waals surface area contributed by atoms with Crippen LogP contribution in [-0.2, 0) is 0 Å². The van der Waals surface area contributed by atoms with E-state index in [0.29, 0.717) is 6.04 Å². The molecule has 2 heterocycles. The van der Waals surface area contributed by atoms with Crippen LogP contribution in [0.5, 0.6) is 0 Å². The first-order valence-corrected chi connectivity index (χ1v) is 8.67. The molecular weight excluding hydrogens is 246 g/mol. The van der Waals surface area contributed by atoms with Crippen molar-refractivity contribution in [3.63, 3.8) is 0 Å². The van der Waals surface area contributed by atoms with E-state index in [4.69, 9.17) is 5.73 Å². The van der Waals surface area contributed by atoms with Gasteiger partial charge in [0, 0.05) is 31.2 Å². The van der Waals surface area contributed by atoms with E-state index in [1.807, 2.05) is 0 Å². The molecule has 0 bridgehead atoms. The van der Waals surface area contributed by atoms with E-state index in [-0.39, 0.29) is 5.54 Å². The van der Waals surface area contributed by atoms with Crippen LogP contribution in [0.4, 0.5) is 0 Å². The molecule has 0 radical (unpaired) electrons. The zero-order chi connectivity index (χ0) is 14.8. The van der Waals surface area contributed by atoms with Crippen molar-refractivity contribution < 1.29 is 0 Å². The monoisotopic (exact) mass is 281 g/mol. The Balaban J connectivity index is 2.01. The molecule has 0 aromatic rings. The third-order valence-corrected chi connectivity index (χ3v) is 5.86. The van der Waals surface area contributed by atoms with Crippen LogP contribution in [0.2, 0.25) is 0 Å². The minimum atomic E-state index is 0.260. The summed E-state index contributed by atoms with van der Waals surface area (Å²) in [6.07, 6.45) is 5.38. The van der Waals surface area contributed by atoms with Crippen molar-refractivity contribution in [2.75, 3.05) is 32.7 Å². The fourth-order valence-corrected chi connectivity index (χ4v) is 4.15. The Kier molecular flexibility index (Phi) is 5.49. The van der Waals surface area contributed by atoms with Crippen LogP contribution in [0.1, 0.15) is 53.4 Å². The predicted molar refractivity (Wildman–Crippen MR) is 86.9 cm³/mol. The van der Waals surface area contributed by atoms with Crippen molar-refractivity contribution in [1.82, 2.24) is 9.80 Å². The zero-order valence-electron chi connectivity index (χ0n) is 14.1. The molecule has 3 heteroatoms. The highest BCUT2D eigenvalue weighted by molar-refractivity contribution is 5.01. The van der Waals surface area contributed by atoms with Crippen molar-refractivity contribution >= 4 is 0 Å². The molecule has 118 valence electrons. The van der Waals surface area contributed by atoms with E-state index in [9.17, 15) is 0 Å². The molecule has 0 spiro atoms. The quantitative estimate of drug-likeness (QED) is 0.859. The number of nitrogens with two attached hydrogens (primary N) is 1. The predicted octanol–water partition coefficient (Wildman–Crippen LogP) is 2.56. The maximum Gasteiger partial charge on any atom is 0.0470 e. The van der Waals surface area contributed by atoms with Gasteiger partial charge in [0.15, 0.2) is 0 Å². The van der Waals surface area contributed by atoms with Crippen LogP contribution in [-0.4, -0.2) is 54.1 Å². The minimum Gasteiger partial charge on any atom is -0.329 e. The summed E-state index contributed by atoms with van der Waals surface area (Å²) in [7, 11) is 0. The molecule has 2 unspecified atom stereocenters. The molecule has 20 heavy (non-hydrogen) atoms. The molecule has 0 aromatic heterocycles. The third-order valence-electron chi connectivity index (χ3n) is 5.86. The van der Waals surface area contributed by atoms with Crippen molar-refractivity contribution in [3.05, 3.63) is 0 Å². The summed E-state index contributed by atoms with van der Waals surface area (Å²) in [6, 6.07) is 0.652. The van der Waals surface area contributed by atoms with Gasteiger partial charge in [0.1, 0.15) is 0 Å². The van der Waals surface area contributed by atoms with E-state index in [1.165, 1.54) is 51.9 Å². The lowest BCUT2D eigenvalue weighted by Gasteiger charge is -2.40. The molecule has 2 aliphatic heterocycles. The van der Waals surface area contributed by atoms with Crippen molar-refractivity contribution in [1.29, 1.82) is 0 Å². The van der Waals surface area contributed by atoms with Crippen LogP contribution in [0.25, 0.3) is 0 Å². The Labute approximate surface area is 125 Å². The highest BCUT2D eigenvalue weighted by Gasteiger charge is 2.42. The van der Waals surface area contributed by atoms with Gasteiger partial charge in [0.05, 0.1) is 0 Å². The van der Waals surface area contributed by atoms with E-state index in [0.717, 1.165) is 18.4 Å². The van der Waals surface area contributed by atoms with Gasteiger partial charge in [0.25, 0.3) is 0 Å². The second-order valence-electron chi connectivity index (χ2n) is 7.66. The first-order chi connectivity index (χ1) is 9.48. The molecular formula is C17H35N3. The Morgan fingerprint density at radius 3 is 2.40 bits per heavy atom. The first-order valence-electron chi connectivity index (χ1n) is 8.67. The molecule has 2 atom stereocenters. The molecule has 2 fully saturated rings. The Bertz CT molecular complexity index is 303. The average molecular weight is 281 g/mol. The number of rotatable bonds is 4. The lowest BCUT2D eigenvalue weighted by atomic mass is 9.89.